The quantitative estimate of drug-likeness (QED) is 0.808. The highest BCUT2D eigenvalue weighted by molar-refractivity contribution is 6.01. The average Bonchev–Trinajstić information content (AvgIpc) is 2.71. The number of halogens is 5. The van der Waals surface area contributed by atoms with Gasteiger partial charge in [-0.2, -0.15) is 13.2 Å². The van der Waals surface area contributed by atoms with Gasteiger partial charge in [-0.1, -0.05) is 6.07 Å². The van der Waals surface area contributed by atoms with Crippen LogP contribution in [0.1, 0.15) is 33.1 Å². The number of hydrogen-bond donors (Lipinski definition) is 2. The van der Waals surface area contributed by atoms with Gasteiger partial charge in [0.25, 0.3) is 5.91 Å². The molecule has 2 aliphatic heterocycles. The topological polar surface area (TPSA) is 52.6 Å². The molecule has 0 saturated carbocycles. The normalized spacial score (nSPS) is 19.9. The Balaban J connectivity index is 0.00000121. The van der Waals surface area contributed by atoms with Gasteiger partial charge in [-0.25, -0.2) is 0 Å². The molecule has 0 radical (unpaired) electrons. The molecule has 2 aliphatic rings. The molecule has 3 rings (SSSR count). The zero-order valence-corrected chi connectivity index (χ0v) is 12.9. The maximum Gasteiger partial charge on any atom is 0.417 e. The predicted molar refractivity (Wildman–Crippen MR) is 78.5 cm³/mol. The van der Waals surface area contributed by atoms with E-state index in [0.29, 0.717) is 25.2 Å². The van der Waals surface area contributed by atoms with E-state index in [1.165, 1.54) is 11.0 Å². The first-order chi connectivity index (χ1) is 9.43. The molecule has 0 unspecified atom stereocenters. The van der Waals surface area contributed by atoms with Gasteiger partial charge in [0.2, 0.25) is 0 Å². The highest BCUT2D eigenvalue weighted by Crippen LogP contribution is 2.42. The largest absolute Gasteiger partial charge is 0.417 e. The van der Waals surface area contributed by atoms with E-state index < -0.39 is 24.3 Å². The van der Waals surface area contributed by atoms with Crippen molar-refractivity contribution in [3.63, 3.8) is 0 Å². The van der Waals surface area contributed by atoms with Gasteiger partial charge in [-0.3, -0.25) is 4.79 Å². The molecule has 1 aromatic carbocycles. The molecule has 1 aromatic rings. The van der Waals surface area contributed by atoms with Crippen LogP contribution in [-0.2, 0) is 12.8 Å². The van der Waals surface area contributed by atoms with Gasteiger partial charge in [0, 0.05) is 19.6 Å². The minimum Gasteiger partial charge on any atom is -0.392 e. The number of carbonyl (C=O) groups excluding carboxylic acids is 1. The Hall–Kier alpha value is -1.02. The molecule has 0 bridgehead atoms. The minimum absolute atomic E-state index is 0. The molecule has 1 fully saturated rings. The molecule has 1 atom stereocenters. The zero-order chi connectivity index (χ0) is 14.5. The first kappa shape index (κ1) is 19.0. The number of alkyl halides is 3. The van der Waals surface area contributed by atoms with E-state index in [2.05, 4.69) is 5.32 Å². The van der Waals surface area contributed by atoms with Crippen LogP contribution >= 0.6 is 24.8 Å². The van der Waals surface area contributed by atoms with Crippen molar-refractivity contribution >= 4 is 30.7 Å². The minimum atomic E-state index is -4.60. The average molecular weight is 359 g/mol. The molecule has 2 N–H and O–H groups in total. The fourth-order valence-electron chi connectivity index (χ4n) is 2.91. The molecule has 0 aliphatic carbocycles. The number of aliphatic hydroxyl groups is 1. The van der Waals surface area contributed by atoms with E-state index in [-0.39, 0.29) is 42.0 Å². The summed E-state index contributed by atoms with van der Waals surface area (Å²) in [7, 11) is 0. The number of hydrogen-bond acceptors (Lipinski definition) is 3. The van der Waals surface area contributed by atoms with Gasteiger partial charge in [0.15, 0.2) is 0 Å². The van der Waals surface area contributed by atoms with Crippen LogP contribution in [0.5, 0.6) is 0 Å². The van der Waals surface area contributed by atoms with Crippen molar-refractivity contribution in [1.29, 1.82) is 0 Å². The van der Waals surface area contributed by atoms with E-state index in [1.54, 1.807) is 0 Å². The number of piperazine rings is 1. The number of aliphatic hydroxyl groups excluding tert-OH is 1. The lowest BCUT2D eigenvalue weighted by molar-refractivity contribution is -0.138. The predicted octanol–water partition coefficient (Wildman–Crippen LogP) is 2.14. The molecule has 0 spiro atoms. The zero-order valence-electron chi connectivity index (χ0n) is 11.3. The number of rotatable bonds is 1. The smallest absolute Gasteiger partial charge is 0.392 e. The van der Waals surface area contributed by atoms with E-state index in [9.17, 15) is 18.0 Å². The van der Waals surface area contributed by atoms with E-state index >= 15 is 0 Å². The third kappa shape index (κ3) is 2.90. The number of nitrogens with zero attached hydrogens (tertiary/aromatic N) is 1. The summed E-state index contributed by atoms with van der Waals surface area (Å²) in [5.74, 6) is -0.566. The van der Waals surface area contributed by atoms with Gasteiger partial charge < -0.3 is 15.3 Å². The SMILES string of the molecule is Cl.Cl.O=C1c2c(cc(CO)cc2C(F)(F)F)[C@@H]2CNCCN12. The second-order valence-corrected chi connectivity index (χ2v) is 4.98. The Morgan fingerprint density at radius 3 is 2.59 bits per heavy atom. The Labute approximate surface area is 137 Å². The molecular weight excluding hydrogens is 344 g/mol. The Bertz CT molecular complexity index is 581. The lowest BCUT2D eigenvalue weighted by Gasteiger charge is -2.30. The van der Waals surface area contributed by atoms with Crippen molar-refractivity contribution < 1.29 is 23.1 Å². The van der Waals surface area contributed by atoms with Crippen molar-refractivity contribution in [3.8, 4) is 0 Å². The van der Waals surface area contributed by atoms with Crippen LogP contribution < -0.4 is 5.32 Å². The van der Waals surface area contributed by atoms with Crippen LogP contribution in [0.2, 0.25) is 0 Å². The highest BCUT2D eigenvalue weighted by Gasteiger charge is 2.45. The summed E-state index contributed by atoms with van der Waals surface area (Å²) in [6.07, 6.45) is -4.60. The summed E-state index contributed by atoms with van der Waals surface area (Å²) in [4.78, 5) is 13.7. The first-order valence-corrected chi connectivity index (χ1v) is 6.30. The molecule has 4 nitrogen and oxygen atoms in total. The fraction of sp³-hybridized carbons (Fsp3) is 0.462. The molecule has 1 amide bonds. The van der Waals surface area contributed by atoms with Crippen LogP contribution in [0.25, 0.3) is 0 Å². The van der Waals surface area contributed by atoms with Crippen LogP contribution in [0.3, 0.4) is 0 Å². The highest BCUT2D eigenvalue weighted by atomic mass is 35.5. The molecule has 0 aromatic heterocycles. The maximum atomic E-state index is 13.1. The fourth-order valence-corrected chi connectivity index (χ4v) is 2.91. The second-order valence-electron chi connectivity index (χ2n) is 4.98. The number of nitrogens with one attached hydrogen (secondary N) is 1. The summed E-state index contributed by atoms with van der Waals surface area (Å²) < 4.78 is 39.4. The Morgan fingerprint density at radius 2 is 2.00 bits per heavy atom. The lowest BCUT2D eigenvalue weighted by atomic mass is 9.95. The van der Waals surface area contributed by atoms with Crippen LogP contribution in [-0.4, -0.2) is 35.5 Å². The van der Waals surface area contributed by atoms with Crippen LogP contribution in [0, 0.1) is 0 Å². The Kier molecular flexibility index (Phi) is 5.72. The van der Waals surface area contributed by atoms with Crippen LogP contribution in [0.15, 0.2) is 12.1 Å². The van der Waals surface area contributed by atoms with E-state index in [0.717, 1.165) is 6.07 Å². The van der Waals surface area contributed by atoms with Gasteiger partial charge in [-0.05, 0) is 17.2 Å². The van der Waals surface area contributed by atoms with E-state index in [1.807, 2.05) is 0 Å². The molecule has 9 heteroatoms. The van der Waals surface area contributed by atoms with Gasteiger partial charge >= 0.3 is 6.18 Å². The third-order valence-electron chi connectivity index (χ3n) is 3.79. The van der Waals surface area contributed by atoms with Crippen molar-refractivity contribution in [2.75, 3.05) is 19.6 Å². The summed E-state index contributed by atoms with van der Waals surface area (Å²) in [6.45, 7) is 0.921. The lowest BCUT2D eigenvalue weighted by Crippen LogP contribution is -2.44. The van der Waals surface area contributed by atoms with Gasteiger partial charge in [0.05, 0.1) is 23.8 Å². The number of fused-ring (bicyclic) bond motifs is 3. The Morgan fingerprint density at radius 1 is 1.32 bits per heavy atom. The standard InChI is InChI=1S/C13H13F3N2O2.2ClH/c14-13(15,16)9-4-7(6-19)3-8-10-5-17-1-2-18(10)12(20)11(8)9;;/h3-4,10,17,19H,1-2,5-6H2;2*1H/t10-;;/m0../s1. The monoisotopic (exact) mass is 358 g/mol. The molecular formula is C13H15Cl2F3N2O2. The van der Waals surface area contributed by atoms with Crippen molar-refractivity contribution in [2.24, 2.45) is 0 Å². The molecule has 124 valence electrons. The van der Waals surface area contributed by atoms with Crippen LogP contribution in [0.4, 0.5) is 13.2 Å². The number of amides is 1. The van der Waals surface area contributed by atoms with Gasteiger partial charge in [0.1, 0.15) is 0 Å². The maximum absolute atomic E-state index is 13.1. The third-order valence-corrected chi connectivity index (χ3v) is 3.79. The molecule has 22 heavy (non-hydrogen) atoms. The van der Waals surface area contributed by atoms with Crippen molar-refractivity contribution in [1.82, 2.24) is 10.2 Å². The summed E-state index contributed by atoms with van der Waals surface area (Å²) >= 11 is 0. The molecule has 1 saturated heterocycles. The van der Waals surface area contributed by atoms with E-state index in [4.69, 9.17) is 5.11 Å². The van der Waals surface area contributed by atoms with Crippen molar-refractivity contribution in [3.05, 3.63) is 34.4 Å². The van der Waals surface area contributed by atoms with Gasteiger partial charge in [-0.15, -0.1) is 24.8 Å². The summed E-state index contributed by atoms with van der Waals surface area (Å²) in [6, 6.07) is 1.99. The number of benzene rings is 1. The summed E-state index contributed by atoms with van der Waals surface area (Å²) in [5.41, 5.74) is -0.667. The summed E-state index contributed by atoms with van der Waals surface area (Å²) in [5, 5.41) is 12.2. The second kappa shape index (κ2) is 6.62. The molecule has 2 heterocycles. The first-order valence-electron chi connectivity index (χ1n) is 6.30. The number of carbonyl (C=O) groups is 1. The van der Waals surface area contributed by atoms with Crippen molar-refractivity contribution in [2.45, 2.75) is 18.8 Å².